The first-order chi connectivity index (χ1) is 12.7. The summed E-state index contributed by atoms with van der Waals surface area (Å²) in [6, 6.07) is 11.5. The molecule has 1 aromatic carbocycles. The van der Waals surface area contributed by atoms with Gasteiger partial charge in [0.2, 0.25) is 5.95 Å². The van der Waals surface area contributed by atoms with Gasteiger partial charge in [0.05, 0.1) is 0 Å². The number of aryl methyl sites for hydroxylation is 1. The van der Waals surface area contributed by atoms with Gasteiger partial charge in [0, 0.05) is 40.8 Å². The Hall–Kier alpha value is -3.09. The van der Waals surface area contributed by atoms with Crippen molar-refractivity contribution in [3.05, 3.63) is 47.8 Å². The highest BCUT2D eigenvalue weighted by molar-refractivity contribution is 5.60. The van der Waals surface area contributed by atoms with E-state index in [0.29, 0.717) is 17.7 Å². The predicted octanol–water partition coefficient (Wildman–Crippen LogP) is 4.24. The maximum atomic E-state index is 5.72. The molecule has 1 saturated carbocycles. The summed E-state index contributed by atoms with van der Waals surface area (Å²) in [6.45, 7) is 1.94. The van der Waals surface area contributed by atoms with E-state index in [0.717, 1.165) is 22.9 Å². The first-order valence-corrected chi connectivity index (χ1v) is 8.96. The van der Waals surface area contributed by atoms with Crippen LogP contribution in [0.2, 0.25) is 0 Å². The molecular weight excluding hydrogens is 326 g/mol. The van der Waals surface area contributed by atoms with Gasteiger partial charge in [-0.3, -0.25) is 5.10 Å². The zero-order valence-corrected chi connectivity index (χ0v) is 14.8. The maximum absolute atomic E-state index is 5.72. The molecule has 2 heterocycles. The number of hydrogen-bond donors (Lipinski definition) is 4. The lowest BCUT2D eigenvalue weighted by Crippen LogP contribution is -2.02. The summed E-state index contributed by atoms with van der Waals surface area (Å²) < 4.78 is 0. The fourth-order valence-corrected chi connectivity index (χ4v) is 3.36. The summed E-state index contributed by atoms with van der Waals surface area (Å²) in [7, 11) is 0. The van der Waals surface area contributed by atoms with Crippen molar-refractivity contribution in [1.82, 2.24) is 20.2 Å². The zero-order valence-electron chi connectivity index (χ0n) is 14.8. The van der Waals surface area contributed by atoms with Gasteiger partial charge in [0.1, 0.15) is 5.82 Å². The van der Waals surface area contributed by atoms with Gasteiger partial charge in [0.15, 0.2) is 5.82 Å². The number of nitrogens with two attached hydrogens (primary N) is 1. The van der Waals surface area contributed by atoms with Crippen LogP contribution in [0.25, 0.3) is 0 Å². The van der Waals surface area contributed by atoms with Crippen LogP contribution < -0.4 is 16.4 Å². The fraction of sp³-hybridized carbons (Fsp3) is 0.316. The van der Waals surface area contributed by atoms with E-state index in [4.69, 9.17) is 5.73 Å². The van der Waals surface area contributed by atoms with E-state index in [9.17, 15) is 0 Å². The standard InChI is InChI=1S/C19H23N7/c1-12-10-17(23-18-11-16(25-26-18)13-4-2-3-5-13)24-19(21-12)22-15-8-6-14(20)7-9-15/h6-11,13H,2-5,20H2,1H3,(H3,21,22,23,24,25,26). The highest BCUT2D eigenvalue weighted by atomic mass is 15.2. The Kier molecular flexibility index (Phi) is 4.43. The van der Waals surface area contributed by atoms with Crippen LogP contribution in [0.1, 0.15) is 43.0 Å². The Labute approximate surface area is 152 Å². The van der Waals surface area contributed by atoms with Crippen molar-refractivity contribution in [3.8, 4) is 0 Å². The second-order valence-corrected chi connectivity index (χ2v) is 6.78. The van der Waals surface area contributed by atoms with E-state index < -0.39 is 0 Å². The molecule has 0 bridgehead atoms. The largest absolute Gasteiger partial charge is 0.399 e. The van der Waals surface area contributed by atoms with Crippen LogP contribution in [0.5, 0.6) is 0 Å². The molecule has 0 radical (unpaired) electrons. The first kappa shape index (κ1) is 16.4. The van der Waals surface area contributed by atoms with Gasteiger partial charge in [0.25, 0.3) is 0 Å². The Morgan fingerprint density at radius 2 is 1.77 bits per heavy atom. The number of benzene rings is 1. The summed E-state index contributed by atoms with van der Waals surface area (Å²) in [6.07, 6.45) is 5.09. The summed E-state index contributed by atoms with van der Waals surface area (Å²) in [4.78, 5) is 8.97. The second-order valence-electron chi connectivity index (χ2n) is 6.78. The van der Waals surface area contributed by atoms with E-state index in [1.807, 2.05) is 37.3 Å². The van der Waals surface area contributed by atoms with Crippen LogP contribution in [-0.4, -0.2) is 20.2 Å². The molecule has 3 aromatic rings. The number of H-pyrrole nitrogens is 1. The van der Waals surface area contributed by atoms with Gasteiger partial charge in [-0.05, 0) is 44.0 Å². The molecule has 0 aliphatic heterocycles. The van der Waals surface area contributed by atoms with E-state index in [2.05, 4.69) is 36.9 Å². The topological polar surface area (TPSA) is 105 Å². The molecule has 0 amide bonds. The average Bonchev–Trinajstić information content (AvgIpc) is 3.28. The lowest BCUT2D eigenvalue weighted by Gasteiger charge is -2.09. The minimum Gasteiger partial charge on any atom is -0.399 e. The van der Waals surface area contributed by atoms with E-state index in [-0.39, 0.29) is 0 Å². The Morgan fingerprint density at radius 3 is 2.54 bits per heavy atom. The van der Waals surface area contributed by atoms with Crippen molar-refractivity contribution >= 4 is 29.0 Å². The van der Waals surface area contributed by atoms with Gasteiger partial charge in [-0.2, -0.15) is 10.1 Å². The lowest BCUT2D eigenvalue weighted by atomic mass is 10.0. The summed E-state index contributed by atoms with van der Waals surface area (Å²) in [5.74, 6) is 2.63. The van der Waals surface area contributed by atoms with Crippen LogP contribution >= 0.6 is 0 Å². The predicted molar refractivity (Wildman–Crippen MR) is 104 cm³/mol. The summed E-state index contributed by atoms with van der Waals surface area (Å²) in [5.41, 5.74) is 9.40. The molecule has 1 fully saturated rings. The van der Waals surface area contributed by atoms with Crippen LogP contribution in [0.4, 0.5) is 29.0 Å². The number of nitrogens with one attached hydrogen (secondary N) is 3. The minimum absolute atomic E-state index is 0.531. The van der Waals surface area contributed by atoms with Crippen LogP contribution in [0.3, 0.4) is 0 Å². The summed E-state index contributed by atoms with van der Waals surface area (Å²) in [5, 5.41) is 14.0. The van der Waals surface area contributed by atoms with Crippen LogP contribution in [-0.2, 0) is 0 Å². The normalized spacial score (nSPS) is 14.5. The molecule has 0 spiro atoms. The van der Waals surface area contributed by atoms with Gasteiger partial charge in [-0.15, -0.1) is 0 Å². The van der Waals surface area contributed by atoms with Crippen molar-refractivity contribution < 1.29 is 0 Å². The SMILES string of the molecule is Cc1cc(Nc2cc(C3CCCC3)[nH]n2)nc(Nc2ccc(N)cc2)n1. The van der Waals surface area contributed by atoms with Crippen LogP contribution in [0.15, 0.2) is 36.4 Å². The Bertz CT molecular complexity index is 879. The first-order valence-electron chi connectivity index (χ1n) is 8.96. The third-order valence-electron chi connectivity index (χ3n) is 4.67. The summed E-state index contributed by atoms with van der Waals surface area (Å²) >= 11 is 0. The third-order valence-corrected chi connectivity index (χ3v) is 4.67. The maximum Gasteiger partial charge on any atom is 0.229 e. The van der Waals surface area contributed by atoms with Gasteiger partial charge in [-0.25, -0.2) is 4.98 Å². The number of rotatable bonds is 5. The molecule has 0 saturated heterocycles. The molecule has 1 aliphatic carbocycles. The molecule has 26 heavy (non-hydrogen) atoms. The highest BCUT2D eigenvalue weighted by Crippen LogP contribution is 2.34. The number of nitrogen functional groups attached to an aromatic ring is 1. The second kappa shape index (κ2) is 7.03. The fourth-order valence-electron chi connectivity index (χ4n) is 3.36. The van der Waals surface area contributed by atoms with E-state index in [1.165, 1.54) is 31.4 Å². The number of nitrogens with zero attached hydrogens (tertiary/aromatic N) is 3. The molecule has 0 unspecified atom stereocenters. The lowest BCUT2D eigenvalue weighted by molar-refractivity contribution is 0.693. The molecule has 4 rings (SSSR count). The van der Waals surface area contributed by atoms with Crippen molar-refractivity contribution in [1.29, 1.82) is 0 Å². The molecule has 7 nitrogen and oxygen atoms in total. The molecule has 1 aliphatic rings. The molecule has 7 heteroatoms. The number of aromatic amines is 1. The van der Waals surface area contributed by atoms with Crippen molar-refractivity contribution in [2.24, 2.45) is 0 Å². The monoisotopic (exact) mass is 349 g/mol. The van der Waals surface area contributed by atoms with Crippen molar-refractivity contribution in [2.45, 2.75) is 38.5 Å². The van der Waals surface area contributed by atoms with Gasteiger partial charge >= 0.3 is 0 Å². The average molecular weight is 349 g/mol. The van der Waals surface area contributed by atoms with Gasteiger partial charge < -0.3 is 16.4 Å². The quantitative estimate of drug-likeness (QED) is 0.514. The number of anilines is 5. The Morgan fingerprint density at radius 1 is 1.00 bits per heavy atom. The zero-order chi connectivity index (χ0) is 17.9. The molecule has 134 valence electrons. The number of hydrogen-bond acceptors (Lipinski definition) is 6. The molecular formula is C19H23N7. The molecule has 0 atom stereocenters. The minimum atomic E-state index is 0.531. The van der Waals surface area contributed by atoms with Crippen molar-refractivity contribution in [3.63, 3.8) is 0 Å². The molecule has 5 N–H and O–H groups in total. The van der Waals surface area contributed by atoms with E-state index in [1.54, 1.807) is 0 Å². The highest BCUT2D eigenvalue weighted by Gasteiger charge is 2.19. The smallest absolute Gasteiger partial charge is 0.229 e. The number of aromatic nitrogens is 4. The van der Waals surface area contributed by atoms with E-state index >= 15 is 0 Å². The van der Waals surface area contributed by atoms with Crippen molar-refractivity contribution in [2.75, 3.05) is 16.4 Å². The Balaban J connectivity index is 1.49. The van der Waals surface area contributed by atoms with Crippen LogP contribution in [0, 0.1) is 6.92 Å². The third kappa shape index (κ3) is 3.77. The molecule has 2 aromatic heterocycles. The van der Waals surface area contributed by atoms with Gasteiger partial charge in [-0.1, -0.05) is 12.8 Å².